The average molecular weight is 350 g/mol. The summed E-state index contributed by atoms with van der Waals surface area (Å²) in [4.78, 5) is 17.3. The molecule has 0 spiro atoms. The van der Waals surface area contributed by atoms with Gasteiger partial charge in [0.05, 0.1) is 23.9 Å². The summed E-state index contributed by atoms with van der Waals surface area (Å²) >= 11 is 5.94. The molecule has 0 N–H and O–H groups in total. The van der Waals surface area contributed by atoms with Crippen LogP contribution in [0.2, 0.25) is 5.02 Å². The predicted molar refractivity (Wildman–Crippen MR) is 97.3 cm³/mol. The van der Waals surface area contributed by atoms with Crippen molar-refractivity contribution in [3.63, 3.8) is 0 Å². The zero-order valence-electron chi connectivity index (χ0n) is 13.3. The van der Waals surface area contributed by atoms with Crippen molar-refractivity contribution in [1.29, 1.82) is 0 Å². The van der Waals surface area contributed by atoms with E-state index in [1.165, 1.54) is 5.01 Å². The number of anilines is 1. The minimum absolute atomic E-state index is 0.220. The highest BCUT2D eigenvalue weighted by Gasteiger charge is 2.37. The van der Waals surface area contributed by atoms with E-state index in [4.69, 9.17) is 11.6 Å². The van der Waals surface area contributed by atoms with Gasteiger partial charge in [-0.2, -0.15) is 15.2 Å². The third-order valence-corrected chi connectivity index (χ3v) is 4.78. The lowest BCUT2D eigenvalue weighted by molar-refractivity contribution is -0.112. The van der Waals surface area contributed by atoms with E-state index in [9.17, 15) is 4.79 Å². The fourth-order valence-corrected chi connectivity index (χ4v) is 3.46. The number of rotatable bonds is 1. The van der Waals surface area contributed by atoms with E-state index in [2.05, 4.69) is 15.2 Å². The van der Waals surface area contributed by atoms with Crippen LogP contribution in [0.3, 0.4) is 0 Å². The van der Waals surface area contributed by atoms with Gasteiger partial charge in [0.25, 0.3) is 5.91 Å². The number of aryl methyl sites for hydroxylation is 1. The first-order valence-corrected chi connectivity index (χ1v) is 8.19. The van der Waals surface area contributed by atoms with Crippen molar-refractivity contribution in [2.24, 2.45) is 17.1 Å². The maximum Gasteiger partial charge on any atom is 0.299 e. The van der Waals surface area contributed by atoms with E-state index < -0.39 is 0 Å². The molecule has 0 aliphatic carbocycles. The van der Waals surface area contributed by atoms with Crippen molar-refractivity contribution < 1.29 is 4.79 Å². The number of aliphatic imine (C=N–C) groups is 1. The number of fused-ring (bicyclic) bond motifs is 5. The Morgan fingerprint density at radius 2 is 1.88 bits per heavy atom. The molecule has 3 aromatic rings. The zero-order chi connectivity index (χ0) is 17.1. The van der Waals surface area contributed by atoms with Crippen molar-refractivity contribution in [1.82, 2.24) is 9.78 Å². The van der Waals surface area contributed by atoms with E-state index in [1.807, 2.05) is 30.1 Å². The van der Waals surface area contributed by atoms with E-state index in [-0.39, 0.29) is 5.91 Å². The summed E-state index contributed by atoms with van der Waals surface area (Å²) in [7, 11) is 1.89. The second-order valence-electron chi connectivity index (χ2n) is 6.01. The van der Waals surface area contributed by atoms with Crippen molar-refractivity contribution in [3.05, 3.63) is 58.7 Å². The quantitative estimate of drug-likeness (QED) is 0.678. The Labute approximate surface area is 148 Å². The predicted octanol–water partition coefficient (Wildman–Crippen LogP) is 2.93. The van der Waals surface area contributed by atoms with E-state index in [0.717, 1.165) is 22.0 Å². The smallest absolute Gasteiger partial charge is 0.273 e. The Kier molecular flexibility index (Phi) is 2.87. The molecule has 1 aromatic heterocycles. The lowest BCUT2D eigenvalue weighted by Crippen LogP contribution is -2.30. The summed E-state index contributed by atoms with van der Waals surface area (Å²) in [5.74, 6) is -0.220. The topological polar surface area (TPSA) is 62.9 Å². The molecule has 122 valence electrons. The lowest BCUT2D eigenvalue weighted by atomic mass is 9.94. The van der Waals surface area contributed by atoms with Gasteiger partial charge in [0.2, 0.25) is 0 Å². The second-order valence-corrected chi connectivity index (χ2v) is 6.45. The molecule has 25 heavy (non-hydrogen) atoms. The summed E-state index contributed by atoms with van der Waals surface area (Å²) in [6, 6.07) is 11.1. The number of nitrogens with zero attached hydrogens (tertiary/aromatic N) is 5. The molecule has 5 rings (SSSR count). The molecule has 6 nitrogen and oxygen atoms in total. The number of carbonyl (C=O) groups excluding carboxylic acids is 1. The number of hydrogen-bond donors (Lipinski definition) is 0. The lowest BCUT2D eigenvalue weighted by Gasteiger charge is -2.14. The molecular formula is C18H12ClN5O. The van der Waals surface area contributed by atoms with Crippen molar-refractivity contribution in [3.8, 4) is 0 Å². The van der Waals surface area contributed by atoms with Gasteiger partial charge < -0.3 is 0 Å². The molecule has 0 saturated carbocycles. The zero-order valence-corrected chi connectivity index (χ0v) is 14.0. The number of hydrogen-bond acceptors (Lipinski definition) is 4. The van der Waals surface area contributed by atoms with Gasteiger partial charge in [-0.05, 0) is 29.8 Å². The summed E-state index contributed by atoms with van der Waals surface area (Å²) in [5, 5.41) is 11.9. The van der Waals surface area contributed by atoms with Crippen LogP contribution < -0.4 is 5.01 Å². The Bertz CT molecular complexity index is 1110. The molecule has 0 saturated heterocycles. The molecule has 0 unspecified atom stereocenters. The number of halogens is 1. The Hall–Kier alpha value is -2.99. The molecule has 0 atom stereocenters. The van der Waals surface area contributed by atoms with E-state index in [0.29, 0.717) is 28.7 Å². The van der Waals surface area contributed by atoms with Gasteiger partial charge in [0.1, 0.15) is 5.71 Å². The number of aromatic nitrogens is 2. The molecule has 2 aliphatic rings. The summed E-state index contributed by atoms with van der Waals surface area (Å²) in [6.45, 7) is 0.463. The third-order valence-electron chi connectivity index (χ3n) is 4.52. The fourth-order valence-electron chi connectivity index (χ4n) is 3.33. The normalized spacial score (nSPS) is 15.9. The summed E-state index contributed by atoms with van der Waals surface area (Å²) < 4.78 is 1.81. The van der Waals surface area contributed by atoms with Crippen LogP contribution >= 0.6 is 11.6 Å². The number of carbonyl (C=O) groups is 1. The Morgan fingerprint density at radius 3 is 2.68 bits per heavy atom. The minimum Gasteiger partial charge on any atom is -0.273 e. The van der Waals surface area contributed by atoms with Gasteiger partial charge in [-0.3, -0.25) is 14.5 Å². The third kappa shape index (κ3) is 1.97. The van der Waals surface area contributed by atoms with Crippen LogP contribution in [0, 0.1) is 0 Å². The molecule has 0 bridgehead atoms. The van der Waals surface area contributed by atoms with Crippen LogP contribution in [0.1, 0.15) is 11.1 Å². The minimum atomic E-state index is -0.220. The summed E-state index contributed by atoms with van der Waals surface area (Å²) in [5.41, 5.74) is 4.62. The second kappa shape index (κ2) is 5.00. The molecule has 2 aliphatic heterocycles. The Morgan fingerprint density at radius 1 is 1.08 bits per heavy atom. The molecule has 0 fully saturated rings. The first-order chi connectivity index (χ1) is 12.1. The van der Waals surface area contributed by atoms with Gasteiger partial charge in [-0.25, -0.2) is 0 Å². The van der Waals surface area contributed by atoms with Gasteiger partial charge in [0.15, 0.2) is 5.71 Å². The first kappa shape index (κ1) is 14.4. The molecular weight excluding hydrogens is 338 g/mol. The first-order valence-electron chi connectivity index (χ1n) is 7.81. The average Bonchev–Trinajstić information content (AvgIpc) is 3.16. The number of hydrazone groups is 1. The van der Waals surface area contributed by atoms with Gasteiger partial charge in [-0.1, -0.05) is 23.7 Å². The van der Waals surface area contributed by atoms with E-state index >= 15 is 0 Å². The molecule has 0 radical (unpaired) electrons. The molecule has 3 heterocycles. The summed E-state index contributed by atoms with van der Waals surface area (Å²) in [6.07, 6.45) is 1.81. The maximum atomic E-state index is 12.8. The maximum absolute atomic E-state index is 12.8. The van der Waals surface area contributed by atoms with Crippen molar-refractivity contribution >= 4 is 45.5 Å². The van der Waals surface area contributed by atoms with Crippen molar-refractivity contribution in [2.45, 2.75) is 6.54 Å². The Balaban J connectivity index is 1.73. The number of amides is 1. The monoisotopic (exact) mass is 349 g/mol. The van der Waals surface area contributed by atoms with Crippen LogP contribution in [0.15, 0.2) is 52.7 Å². The van der Waals surface area contributed by atoms with E-state index in [1.54, 1.807) is 24.3 Å². The van der Waals surface area contributed by atoms with Gasteiger partial charge >= 0.3 is 0 Å². The highest BCUT2D eigenvalue weighted by Crippen LogP contribution is 2.31. The van der Waals surface area contributed by atoms with Gasteiger partial charge in [0, 0.05) is 23.0 Å². The highest BCUT2D eigenvalue weighted by molar-refractivity contribution is 6.75. The highest BCUT2D eigenvalue weighted by atomic mass is 35.5. The van der Waals surface area contributed by atoms with Crippen LogP contribution in [0.5, 0.6) is 0 Å². The van der Waals surface area contributed by atoms with Gasteiger partial charge in [-0.15, -0.1) is 0 Å². The molecule has 1 amide bonds. The van der Waals surface area contributed by atoms with Crippen LogP contribution in [0.25, 0.3) is 10.9 Å². The fraction of sp³-hybridized carbons (Fsp3) is 0.111. The molecule has 2 aromatic carbocycles. The SMILES string of the molecule is Cn1ncc2ccc3c(c21)C1=NN(c2ccc(Cl)cc2)C(=O)C1=NC3. The molecule has 7 heteroatoms. The standard InChI is InChI=1S/C18H12ClN5O/c1-23-17-11(9-21-23)3-2-10-8-20-16-15(14(10)17)22-24(18(16)25)13-6-4-12(19)5-7-13/h2-7,9H,8H2,1H3. The number of benzene rings is 2. The van der Waals surface area contributed by atoms with Crippen LogP contribution in [0.4, 0.5) is 5.69 Å². The van der Waals surface area contributed by atoms with Crippen LogP contribution in [-0.2, 0) is 18.4 Å². The largest absolute Gasteiger partial charge is 0.299 e. The van der Waals surface area contributed by atoms with Crippen LogP contribution in [-0.4, -0.2) is 27.1 Å². The van der Waals surface area contributed by atoms with Crippen molar-refractivity contribution in [2.75, 3.05) is 5.01 Å².